The van der Waals surface area contributed by atoms with Gasteiger partial charge in [0, 0.05) is 32.0 Å². The van der Waals surface area contributed by atoms with E-state index in [-0.39, 0.29) is 61.8 Å². The van der Waals surface area contributed by atoms with Crippen LogP contribution >= 0.6 is 0 Å². The minimum atomic E-state index is -4.09. The van der Waals surface area contributed by atoms with Gasteiger partial charge in [0.25, 0.3) is 5.56 Å². The average molecular weight is 647 g/mol. The highest BCUT2D eigenvalue weighted by atomic mass is 32.2. The summed E-state index contributed by atoms with van der Waals surface area (Å²) in [6, 6.07) is 6.56. The summed E-state index contributed by atoms with van der Waals surface area (Å²) in [5, 5.41) is 0. The van der Waals surface area contributed by atoms with Crippen LogP contribution in [0.25, 0.3) is 0 Å². The van der Waals surface area contributed by atoms with E-state index in [1.54, 1.807) is 26.0 Å². The van der Waals surface area contributed by atoms with Gasteiger partial charge in [0.2, 0.25) is 21.4 Å². The van der Waals surface area contributed by atoms with Gasteiger partial charge in [-0.2, -0.15) is 4.31 Å². The first-order chi connectivity index (χ1) is 21.4. The Bertz CT molecular complexity index is 1640. The number of aromatic nitrogens is 1. The molecule has 244 valence electrons. The Labute approximate surface area is 261 Å². The third-order valence-corrected chi connectivity index (χ3v) is 10.5. The Hall–Kier alpha value is -3.59. The second-order valence-corrected chi connectivity index (χ2v) is 13.2. The van der Waals surface area contributed by atoms with Gasteiger partial charge < -0.3 is 28.3 Å². The Morgan fingerprint density at radius 2 is 1.76 bits per heavy atom. The van der Waals surface area contributed by atoms with Crippen LogP contribution in [-0.2, 0) is 72.6 Å². The van der Waals surface area contributed by atoms with Crippen LogP contribution in [0, 0.1) is 6.92 Å². The predicted octanol–water partition coefficient (Wildman–Crippen LogP) is 2.39. The number of aryl methyl sites for hydroxylation is 1. The smallest absolute Gasteiger partial charge is 0.355 e. The van der Waals surface area contributed by atoms with Crippen LogP contribution in [0.3, 0.4) is 0 Å². The van der Waals surface area contributed by atoms with Gasteiger partial charge in [-0.1, -0.05) is 24.6 Å². The Morgan fingerprint density at radius 1 is 1.07 bits per heavy atom. The van der Waals surface area contributed by atoms with Crippen LogP contribution in [0.15, 0.2) is 40.0 Å². The van der Waals surface area contributed by atoms with Crippen molar-refractivity contribution in [1.29, 1.82) is 0 Å². The highest BCUT2D eigenvalue weighted by Crippen LogP contribution is 2.43. The molecule has 0 aliphatic carbocycles. The molecule has 0 saturated carbocycles. The second-order valence-electron chi connectivity index (χ2n) is 11.3. The lowest BCUT2D eigenvalue weighted by atomic mass is 9.86. The fourth-order valence-corrected chi connectivity index (χ4v) is 7.89. The van der Waals surface area contributed by atoms with Crippen molar-refractivity contribution in [3.8, 4) is 0 Å². The first-order valence-corrected chi connectivity index (χ1v) is 16.5. The van der Waals surface area contributed by atoms with Gasteiger partial charge in [0.05, 0.1) is 36.0 Å². The molecule has 1 unspecified atom stereocenters. The number of carbonyl (C=O) groups excluding carboxylic acids is 3. The van der Waals surface area contributed by atoms with E-state index >= 15 is 0 Å². The number of carbonyl (C=O) groups is 3. The zero-order chi connectivity index (χ0) is 32.6. The number of fused-ring (bicyclic) bond motifs is 2. The maximum absolute atomic E-state index is 14.0. The molecule has 3 aliphatic heterocycles. The fourth-order valence-electron chi connectivity index (χ4n) is 6.24. The fraction of sp³-hybridized carbons (Fsp3) is 0.548. The molecule has 2 fully saturated rings. The zero-order valence-corrected chi connectivity index (χ0v) is 26.6. The highest BCUT2D eigenvalue weighted by molar-refractivity contribution is 7.89. The normalized spacial score (nSPS) is 20.5. The summed E-state index contributed by atoms with van der Waals surface area (Å²) in [5.41, 5.74) is -1.68. The van der Waals surface area contributed by atoms with E-state index in [0.29, 0.717) is 18.5 Å². The molecule has 2 aromatic rings. The third kappa shape index (κ3) is 5.80. The third-order valence-electron chi connectivity index (χ3n) is 8.54. The molecule has 14 heteroatoms. The number of sulfonamides is 1. The van der Waals surface area contributed by atoms with Crippen molar-refractivity contribution in [3.63, 3.8) is 0 Å². The second kappa shape index (κ2) is 12.7. The summed E-state index contributed by atoms with van der Waals surface area (Å²) in [4.78, 5) is 53.7. The van der Waals surface area contributed by atoms with Crippen molar-refractivity contribution in [2.24, 2.45) is 0 Å². The van der Waals surface area contributed by atoms with E-state index in [4.69, 9.17) is 23.7 Å². The first kappa shape index (κ1) is 32.8. The van der Waals surface area contributed by atoms with Crippen LogP contribution in [0.2, 0.25) is 0 Å². The molecule has 5 rings (SSSR count). The van der Waals surface area contributed by atoms with Crippen molar-refractivity contribution < 1.29 is 46.5 Å². The Morgan fingerprint density at radius 3 is 2.38 bits per heavy atom. The molecule has 0 bridgehead atoms. The quantitative estimate of drug-likeness (QED) is 0.276. The first-order valence-electron chi connectivity index (χ1n) is 15.1. The van der Waals surface area contributed by atoms with Crippen molar-refractivity contribution in [1.82, 2.24) is 8.87 Å². The molecule has 1 aromatic heterocycles. The van der Waals surface area contributed by atoms with Crippen molar-refractivity contribution in [2.45, 2.75) is 88.9 Å². The molecular formula is C31H38N2O11S. The van der Waals surface area contributed by atoms with Crippen LogP contribution in [0.1, 0.15) is 68.8 Å². The lowest BCUT2D eigenvalue weighted by Gasteiger charge is -2.35. The molecule has 2 atom stereocenters. The van der Waals surface area contributed by atoms with E-state index in [1.165, 1.54) is 29.7 Å². The summed E-state index contributed by atoms with van der Waals surface area (Å²) in [7, 11) is -4.09. The highest BCUT2D eigenvalue weighted by Gasteiger charge is 2.53. The minimum Gasteiger partial charge on any atom is -0.463 e. The number of hydrogen-bond donors (Lipinski definition) is 0. The molecule has 13 nitrogen and oxygen atoms in total. The molecule has 0 radical (unpaired) electrons. The van der Waals surface area contributed by atoms with Gasteiger partial charge in [-0.05, 0) is 51.3 Å². The van der Waals surface area contributed by atoms with Gasteiger partial charge in [0.1, 0.15) is 12.6 Å². The standard InChI is InChI=1S/C31H38N2O11S/c1-5-30(29(37)40-6-2,44-28(36)25-8-7-14-33(25)45(38,39)22-11-9-20(3)10-12-22)24-18-26-31(42-16-17-43-31)13-15-32(26)27(35)23(24)19-41-21(4)34/h9-12,18,25H,5-8,13-17,19H2,1-4H3/t25?,30-/m1/s1. The van der Waals surface area contributed by atoms with E-state index in [9.17, 15) is 27.6 Å². The Kier molecular flexibility index (Phi) is 9.23. The number of pyridine rings is 1. The molecule has 4 heterocycles. The van der Waals surface area contributed by atoms with Crippen molar-refractivity contribution in [3.05, 3.63) is 63.1 Å². The zero-order valence-electron chi connectivity index (χ0n) is 25.8. The molecular weight excluding hydrogens is 608 g/mol. The van der Waals surface area contributed by atoms with Gasteiger partial charge in [-0.3, -0.25) is 14.4 Å². The number of nitrogens with zero attached hydrogens (tertiary/aromatic N) is 2. The van der Waals surface area contributed by atoms with Crippen molar-refractivity contribution in [2.75, 3.05) is 26.4 Å². The maximum Gasteiger partial charge on any atom is 0.355 e. The molecule has 2 saturated heterocycles. The van der Waals surface area contributed by atoms with Crippen LogP contribution in [-0.4, -0.2) is 67.6 Å². The summed E-state index contributed by atoms with van der Waals surface area (Å²) < 4.78 is 58.4. The van der Waals surface area contributed by atoms with Crippen LogP contribution in [0.4, 0.5) is 0 Å². The number of hydrogen-bond acceptors (Lipinski definition) is 11. The monoisotopic (exact) mass is 646 g/mol. The van der Waals surface area contributed by atoms with E-state index in [2.05, 4.69) is 0 Å². The van der Waals surface area contributed by atoms with Crippen LogP contribution in [0.5, 0.6) is 0 Å². The maximum atomic E-state index is 14.0. The van der Waals surface area contributed by atoms with Gasteiger partial charge >= 0.3 is 17.9 Å². The number of esters is 3. The SMILES string of the molecule is CCOC(=O)[C@](CC)(OC(=O)C1CCCN1S(=O)(=O)c1ccc(C)cc1)c1cc2n(c(=O)c1COC(C)=O)CCC21OCCO1. The van der Waals surface area contributed by atoms with Gasteiger partial charge in [-0.25, -0.2) is 13.2 Å². The molecule has 3 aliphatic rings. The van der Waals surface area contributed by atoms with E-state index < -0.39 is 57.5 Å². The van der Waals surface area contributed by atoms with Crippen LogP contribution < -0.4 is 5.56 Å². The number of benzene rings is 1. The summed E-state index contributed by atoms with van der Waals surface area (Å²) in [6.45, 7) is 6.49. The molecule has 0 N–H and O–H groups in total. The summed E-state index contributed by atoms with van der Waals surface area (Å²) >= 11 is 0. The molecule has 0 amide bonds. The van der Waals surface area contributed by atoms with Gasteiger partial charge in [-0.15, -0.1) is 0 Å². The molecule has 1 aromatic carbocycles. The summed E-state index contributed by atoms with van der Waals surface area (Å²) in [6.07, 6.45) is 0.688. The van der Waals surface area contributed by atoms with E-state index in [1.807, 2.05) is 6.92 Å². The minimum absolute atomic E-state index is 0.0251. The van der Waals surface area contributed by atoms with Crippen molar-refractivity contribution >= 4 is 27.9 Å². The number of ether oxygens (including phenoxy) is 5. The van der Waals surface area contributed by atoms with Gasteiger partial charge in [0.15, 0.2) is 0 Å². The topological polar surface area (TPSA) is 157 Å². The molecule has 1 spiro atoms. The van der Waals surface area contributed by atoms with E-state index in [0.717, 1.165) is 9.87 Å². The summed E-state index contributed by atoms with van der Waals surface area (Å²) in [5.74, 6) is -3.83. The largest absolute Gasteiger partial charge is 0.463 e. The number of rotatable bonds is 10. The molecule has 45 heavy (non-hydrogen) atoms. The Balaban J connectivity index is 1.62. The lowest BCUT2D eigenvalue weighted by Crippen LogP contribution is -2.49. The lowest BCUT2D eigenvalue weighted by molar-refractivity contribution is -0.187. The average Bonchev–Trinajstić information content (AvgIpc) is 3.77. The predicted molar refractivity (Wildman–Crippen MR) is 157 cm³/mol.